The number of aryl methyl sites for hydroxylation is 1. The molecule has 2 unspecified atom stereocenters. The lowest BCUT2D eigenvalue weighted by Crippen LogP contribution is -2.32. The van der Waals surface area contributed by atoms with E-state index in [9.17, 15) is 0 Å². The summed E-state index contributed by atoms with van der Waals surface area (Å²) in [5.74, 6) is 0.526. The van der Waals surface area contributed by atoms with Gasteiger partial charge in [0.2, 0.25) is 0 Å². The number of rotatable bonds is 6. The maximum atomic E-state index is 3.48. The molecule has 0 saturated heterocycles. The topological polar surface area (TPSA) is 12.0 Å². The molecule has 0 spiro atoms. The van der Waals surface area contributed by atoms with Gasteiger partial charge in [0.15, 0.2) is 0 Å². The molecule has 19 heavy (non-hydrogen) atoms. The predicted molar refractivity (Wildman–Crippen MR) is 85.1 cm³/mol. The van der Waals surface area contributed by atoms with Crippen molar-refractivity contribution in [2.24, 2.45) is 0 Å². The Morgan fingerprint density at radius 3 is 2.32 bits per heavy atom. The minimum Gasteiger partial charge on any atom is -0.316 e. The second-order valence-corrected chi connectivity index (χ2v) is 6.27. The Kier molecular flexibility index (Phi) is 5.17. The summed E-state index contributed by atoms with van der Waals surface area (Å²) in [6.45, 7) is 4.53. The molecule has 102 valence electrons. The molecule has 0 amide bonds. The lowest BCUT2D eigenvalue weighted by atomic mass is 9.91. The molecule has 2 heteroatoms. The first-order valence-corrected chi connectivity index (χ1v) is 7.86. The first kappa shape index (κ1) is 14.3. The summed E-state index contributed by atoms with van der Waals surface area (Å²) in [5, 5.41) is 3.48. The summed E-state index contributed by atoms with van der Waals surface area (Å²) < 4.78 is 0. The van der Waals surface area contributed by atoms with Gasteiger partial charge < -0.3 is 5.32 Å². The second-order valence-electron chi connectivity index (χ2n) is 5.02. The first-order valence-electron chi connectivity index (χ1n) is 7.04. The van der Waals surface area contributed by atoms with E-state index in [4.69, 9.17) is 0 Å². The molecule has 0 saturated carbocycles. The van der Waals surface area contributed by atoms with E-state index in [1.54, 1.807) is 0 Å². The molecule has 0 aliphatic rings. The van der Waals surface area contributed by atoms with Crippen LogP contribution in [0.1, 0.15) is 35.1 Å². The van der Waals surface area contributed by atoms with Crippen LogP contribution in [-0.2, 0) is 12.8 Å². The van der Waals surface area contributed by atoms with E-state index in [1.165, 1.54) is 15.3 Å². The van der Waals surface area contributed by atoms with Crippen molar-refractivity contribution in [3.63, 3.8) is 0 Å². The average Bonchev–Trinajstić information content (AvgIpc) is 2.92. The molecular formula is C17H23NS. The smallest absolute Gasteiger partial charge is 0.0178 e. The molecule has 0 aliphatic heterocycles. The Hall–Kier alpha value is -1.12. The summed E-state index contributed by atoms with van der Waals surface area (Å²) in [4.78, 5) is 2.97. The van der Waals surface area contributed by atoms with Gasteiger partial charge in [0.1, 0.15) is 0 Å². The summed E-state index contributed by atoms with van der Waals surface area (Å²) >= 11 is 1.95. The van der Waals surface area contributed by atoms with Gasteiger partial charge in [0.25, 0.3) is 0 Å². The van der Waals surface area contributed by atoms with Crippen molar-refractivity contribution in [1.82, 2.24) is 5.32 Å². The number of likely N-dealkylation sites (N-methyl/N-ethyl adjacent to an activating group) is 1. The SMILES string of the molecule is CCc1ccc(CC(NC)C(C)c2ccccc2)s1. The third-order valence-corrected chi connectivity index (χ3v) is 5.04. The van der Waals surface area contributed by atoms with Gasteiger partial charge in [0.05, 0.1) is 0 Å². The molecule has 0 fully saturated rings. The van der Waals surface area contributed by atoms with Gasteiger partial charge >= 0.3 is 0 Å². The van der Waals surface area contributed by atoms with Gasteiger partial charge in [-0.25, -0.2) is 0 Å². The zero-order valence-electron chi connectivity index (χ0n) is 12.0. The van der Waals surface area contributed by atoms with E-state index in [2.05, 4.69) is 68.7 Å². The molecule has 1 aromatic carbocycles. The van der Waals surface area contributed by atoms with Crippen molar-refractivity contribution in [3.05, 3.63) is 57.8 Å². The zero-order chi connectivity index (χ0) is 13.7. The molecule has 1 nitrogen and oxygen atoms in total. The van der Waals surface area contributed by atoms with Crippen molar-refractivity contribution >= 4 is 11.3 Å². The quantitative estimate of drug-likeness (QED) is 0.830. The van der Waals surface area contributed by atoms with Crippen LogP contribution >= 0.6 is 11.3 Å². The lowest BCUT2D eigenvalue weighted by Gasteiger charge is -2.23. The van der Waals surface area contributed by atoms with Crippen LogP contribution in [0.25, 0.3) is 0 Å². The van der Waals surface area contributed by atoms with Crippen LogP contribution in [0.4, 0.5) is 0 Å². The molecule has 0 radical (unpaired) electrons. The molecule has 0 aliphatic carbocycles. The molecule has 2 atom stereocenters. The van der Waals surface area contributed by atoms with Crippen LogP contribution in [-0.4, -0.2) is 13.1 Å². The van der Waals surface area contributed by atoms with Crippen LogP contribution in [0.2, 0.25) is 0 Å². The van der Waals surface area contributed by atoms with Gasteiger partial charge in [-0.15, -0.1) is 11.3 Å². The normalized spacial score (nSPS) is 14.3. The Bertz CT molecular complexity index is 489. The summed E-state index contributed by atoms with van der Waals surface area (Å²) in [7, 11) is 2.07. The second kappa shape index (κ2) is 6.88. The number of nitrogens with one attached hydrogen (secondary N) is 1. The standard InChI is InChI=1S/C17H23NS/c1-4-15-10-11-16(19-15)12-17(18-3)13(2)14-8-6-5-7-9-14/h5-11,13,17-18H,4,12H2,1-3H3. The fourth-order valence-electron chi connectivity index (χ4n) is 2.46. The third-order valence-electron chi connectivity index (χ3n) is 3.79. The van der Waals surface area contributed by atoms with Crippen molar-refractivity contribution in [1.29, 1.82) is 0 Å². The van der Waals surface area contributed by atoms with E-state index < -0.39 is 0 Å². The lowest BCUT2D eigenvalue weighted by molar-refractivity contribution is 0.486. The predicted octanol–water partition coefficient (Wildman–Crippen LogP) is 4.24. The molecule has 1 heterocycles. The van der Waals surface area contributed by atoms with Gasteiger partial charge in [-0.05, 0) is 43.5 Å². The van der Waals surface area contributed by atoms with E-state index in [0.29, 0.717) is 12.0 Å². The number of benzene rings is 1. The van der Waals surface area contributed by atoms with Gasteiger partial charge in [0, 0.05) is 15.8 Å². The van der Waals surface area contributed by atoms with Crippen LogP contribution in [0.15, 0.2) is 42.5 Å². The largest absolute Gasteiger partial charge is 0.316 e. The average molecular weight is 273 g/mol. The Morgan fingerprint density at radius 1 is 1.05 bits per heavy atom. The molecule has 0 bridgehead atoms. The van der Waals surface area contributed by atoms with Crippen molar-refractivity contribution < 1.29 is 0 Å². The highest BCUT2D eigenvalue weighted by Crippen LogP contribution is 2.25. The zero-order valence-corrected chi connectivity index (χ0v) is 12.8. The molecule has 1 N–H and O–H groups in total. The van der Waals surface area contributed by atoms with E-state index in [0.717, 1.165) is 12.8 Å². The highest BCUT2D eigenvalue weighted by Gasteiger charge is 2.18. The van der Waals surface area contributed by atoms with E-state index in [-0.39, 0.29) is 0 Å². The van der Waals surface area contributed by atoms with Crippen LogP contribution in [0.3, 0.4) is 0 Å². The van der Waals surface area contributed by atoms with E-state index >= 15 is 0 Å². The highest BCUT2D eigenvalue weighted by molar-refractivity contribution is 7.11. The van der Waals surface area contributed by atoms with Gasteiger partial charge in [-0.1, -0.05) is 44.2 Å². The Morgan fingerprint density at radius 2 is 1.74 bits per heavy atom. The third kappa shape index (κ3) is 3.68. The highest BCUT2D eigenvalue weighted by atomic mass is 32.1. The maximum Gasteiger partial charge on any atom is 0.0178 e. The molecule has 2 rings (SSSR count). The number of thiophene rings is 1. The van der Waals surface area contributed by atoms with Crippen molar-refractivity contribution in [2.75, 3.05) is 7.05 Å². The molecule has 1 aromatic heterocycles. The monoisotopic (exact) mass is 273 g/mol. The Labute approximate surface area is 120 Å². The number of hydrogen-bond acceptors (Lipinski definition) is 2. The molecule has 2 aromatic rings. The Balaban J connectivity index is 2.07. The van der Waals surface area contributed by atoms with Crippen molar-refractivity contribution in [2.45, 2.75) is 38.6 Å². The summed E-state index contributed by atoms with van der Waals surface area (Å²) in [6.07, 6.45) is 2.25. The van der Waals surface area contributed by atoms with Crippen LogP contribution in [0.5, 0.6) is 0 Å². The summed E-state index contributed by atoms with van der Waals surface area (Å²) in [6, 6.07) is 15.8. The van der Waals surface area contributed by atoms with Crippen LogP contribution < -0.4 is 5.32 Å². The number of hydrogen-bond donors (Lipinski definition) is 1. The van der Waals surface area contributed by atoms with Gasteiger partial charge in [-0.2, -0.15) is 0 Å². The fourth-order valence-corrected chi connectivity index (χ4v) is 3.47. The van der Waals surface area contributed by atoms with Crippen molar-refractivity contribution in [3.8, 4) is 0 Å². The van der Waals surface area contributed by atoms with E-state index in [1.807, 2.05) is 11.3 Å². The minimum atomic E-state index is 0.491. The fraction of sp³-hybridized carbons (Fsp3) is 0.412. The maximum absolute atomic E-state index is 3.48. The first-order chi connectivity index (χ1) is 9.24. The summed E-state index contributed by atoms with van der Waals surface area (Å²) in [5.41, 5.74) is 1.41. The van der Waals surface area contributed by atoms with Gasteiger partial charge in [-0.3, -0.25) is 0 Å². The molecular weight excluding hydrogens is 250 g/mol. The van der Waals surface area contributed by atoms with Crippen LogP contribution in [0, 0.1) is 0 Å². The minimum absolute atomic E-state index is 0.491.